The zero-order valence-corrected chi connectivity index (χ0v) is 18.5. The van der Waals surface area contributed by atoms with E-state index < -0.39 is 11.9 Å². The Bertz CT molecular complexity index is 1230. The number of aliphatic hydroxyl groups is 1. The van der Waals surface area contributed by atoms with Gasteiger partial charge in [-0.3, -0.25) is 5.10 Å². The number of nitrogens with zero attached hydrogens (tertiary/aromatic N) is 4. The summed E-state index contributed by atoms with van der Waals surface area (Å²) in [4.78, 5) is 13.4. The van der Waals surface area contributed by atoms with Crippen LogP contribution in [0.15, 0.2) is 52.2 Å². The number of fused-ring (bicyclic) bond motifs is 1. The van der Waals surface area contributed by atoms with E-state index >= 15 is 0 Å². The summed E-state index contributed by atoms with van der Waals surface area (Å²) in [5.74, 6) is 1.19. The summed E-state index contributed by atoms with van der Waals surface area (Å²) in [6.45, 7) is 8.13. The first kappa shape index (κ1) is 22.3. The fourth-order valence-electron chi connectivity index (χ4n) is 3.49. The second-order valence-corrected chi connectivity index (χ2v) is 7.66. The largest absolute Gasteiger partial charge is 0.468 e. The number of β-amino-alcohol motifs (C(OH)–C–C–N with tert-alkyl or cyclic N) is 1. The van der Waals surface area contributed by atoms with Crippen molar-refractivity contribution in [1.82, 2.24) is 20.1 Å². The Balaban J connectivity index is 1.51. The summed E-state index contributed by atoms with van der Waals surface area (Å²) >= 11 is 0. The molecular formula is C23H26FN7O2. The van der Waals surface area contributed by atoms with Crippen molar-refractivity contribution in [2.75, 3.05) is 25.1 Å². The molecule has 33 heavy (non-hydrogen) atoms. The lowest BCUT2D eigenvalue weighted by Crippen LogP contribution is -2.53. The number of aliphatic hydroxyl groups excluding tert-OH is 1. The van der Waals surface area contributed by atoms with Crippen LogP contribution < -0.4 is 10.1 Å². The number of H-pyrrole nitrogens is 2. The molecule has 3 heterocycles. The number of hydrogen-bond donors (Lipinski definition) is 4. The fourth-order valence-corrected chi connectivity index (χ4v) is 3.49. The Hall–Kier alpha value is -3.92. The third-order valence-electron chi connectivity index (χ3n) is 5.11. The van der Waals surface area contributed by atoms with Crippen LogP contribution in [0.3, 0.4) is 0 Å². The molecule has 0 unspecified atom stereocenters. The van der Waals surface area contributed by atoms with Gasteiger partial charge in [0.15, 0.2) is 24.1 Å². The molecule has 10 heteroatoms. The van der Waals surface area contributed by atoms with Crippen molar-refractivity contribution >= 4 is 35.3 Å². The zero-order valence-electron chi connectivity index (χ0n) is 18.5. The van der Waals surface area contributed by atoms with Crippen LogP contribution in [0.4, 0.5) is 10.2 Å². The maximum atomic E-state index is 14.8. The number of allylic oxidation sites excluding steroid dienone is 1. The van der Waals surface area contributed by atoms with E-state index in [4.69, 9.17) is 4.74 Å². The molecule has 0 radical (unpaired) electrons. The standard InChI is InChI=1S/C23H26FN7O2/c1-4-5-15-9-21(30-29-15)28-20(25-3)10-22(31-11-16(32)12-31)26-13-33-19-7-6-18-17(23(19)24)8-14(2)27-18/h4-10,16,27,32H,3,11-13H2,1-2H3,(H2,28,29,30)/b5-4+,20-10+,26-22+. The van der Waals surface area contributed by atoms with E-state index in [1.165, 1.54) is 0 Å². The smallest absolute Gasteiger partial charge is 0.181 e. The van der Waals surface area contributed by atoms with Crippen molar-refractivity contribution in [1.29, 1.82) is 0 Å². The summed E-state index contributed by atoms with van der Waals surface area (Å²) in [5, 5.41) is 20.3. The molecule has 0 saturated carbocycles. The predicted octanol–water partition coefficient (Wildman–Crippen LogP) is 3.44. The molecule has 1 aromatic carbocycles. The summed E-state index contributed by atoms with van der Waals surface area (Å²) in [7, 11) is 0. The van der Waals surface area contributed by atoms with E-state index in [2.05, 4.69) is 37.2 Å². The van der Waals surface area contributed by atoms with E-state index in [-0.39, 0.29) is 12.5 Å². The van der Waals surface area contributed by atoms with Crippen LogP contribution in [0.2, 0.25) is 0 Å². The topological polar surface area (TPSA) is 114 Å². The Morgan fingerprint density at radius 3 is 2.97 bits per heavy atom. The van der Waals surface area contributed by atoms with Crippen molar-refractivity contribution < 1.29 is 14.2 Å². The van der Waals surface area contributed by atoms with Crippen LogP contribution in [-0.4, -0.2) is 63.7 Å². The number of ether oxygens (including phenoxy) is 1. The SMILES string of the molecule is C=N/C(=C\C(=N/COc1ccc2[nH]c(C)cc2c1F)N1CC(O)C1)Nc1cc(/C=C/C)[nH]n1. The number of benzene rings is 1. The molecule has 4 N–H and O–H groups in total. The first-order chi connectivity index (χ1) is 16.0. The van der Waals surface area contributed by atoms with Gasteiger partial charge >= 0.3 is 0 Å². The molecule has 0 atom stereocenters. The second kappa shape index (κ2) is 9.70. The highest BCUT2D eigenvalue weighted by Crippen LogP contribution is 2.27. The number of aromatic amines is 2. The third-order valence-corrected chi connectivity index (χ3v) is 5.11. The first-order valence-corrected chi connectivity index (χ1v) is 10.5. The van der Waals surface area contributed by atoms with Gasteiger partial charge in [0.25, 0.3) is 0 Å². The molecule has 2 aromatic heterocycles. The monoisotopic (exact) mass is 451 g/mol. The lowest BCUT2D eigenvalue weighted by atomic mass is 10.1. The van der Waals surface area contributed by atoms with Gasteiger partial charge in [-0.2, -0.15) is 5.10 Å². The quantitative estimate of drug-likeness (QED) is 0.310. The number of aromatic nitrogens is 3. The summed E-state index contributed by atoms with van der Waals surface area (Å²) in [6.07, 6.45) is 5.04. The van der Waals surface area contributed by atoms with Gasteiger partial charge in [-0.25, -0.2) is 14.4 Å². The Labute approximate surface area is 190 Å². The van der Waals surface area contributed by atoms with Gasteiger partial charge in [0.2, 0.25) is 0 Å². The highest BCUT2D eigenvalue weighted by atomic mass is 19.1. The third kappa shape index (κ3) is 5.12. The maximum Gasteiger partial charge on any atom is 0.181 e. The highest BCUT2D eigenvalue weighted by molar-refractivity contribution is 5.94. The molecule has 172 valence electrons. The van der Waals surface area contributed by atoms with Crippen molar-refractivity contribution in [3.63, 3.8) is 0 Å². The molecule has 0 spiro atoms. The van der Waals surface area contributed by atoms with Crippen LogP contribution in [-0.2, 0) is 0 Å². The molecule has 1 aliphatic heterocycles. The molecule has 4 rings (SSSR count). The lowest BCUT2D eigenvalue weighted by Gasteiger charge is -2.37. The highest BCUT2D eigenvalue weighted by Gasteiger charge is 2.26. The second-order valence-electron chi connectivity index (χ2n) is 7.66. The van der Waals surface area contributed by atoms with E-state index in [1.807, 2.05) is 37.0 Å². The van der Waals surface area contributed by atoms with E-state index in [0.717, 1.165) is 11.4 Å². The normalized spacial score (nSPS) is 15.3. The van der Waals surface area contributed by atoms with Crippen molar-refractivity contribution in [2.24, 2.45) is 9.98 Å². The number of likely N-dealkylation sites (tertiary alicyclic amines) is 1. The molecule has 0 bridgehead atoms. The number of hydrogen-bond acceptors (Lipinski definition) is 6. The number of rotatable bonds is 8. The van der Waals surface area contributed by atoms with E-state index in [0.29, 0.717) is 41.5 Å². The Kier molecular flexibility index (Phi) is 6.55. The molecule has 1 aliphatic rings. The average Bonchev–Trinajstić information content (AvgIpc) is 3.38. The Morgan fingerprint density at radius 2 is 2.24 bits per heavy atom. The van der Waals surface area contributed by atoms with Crippen LogP contribution >= 0.6 is 0 Å². The van der Waals surface area contributed by atoms with Gasteiger partial charge in [-0.05, 0) is 44.8 Å². The molecule has 3 aromatic rings. The number of anilines is 1. The number of amidine groups is 1. The molecule has 1 saturated heterocycles. The fraction of sp³-hybridized carbons (Fsp3) is 0.261. The minimum absolute atomic E-state index is 0.109. The van der Waals surface area contributed by atoms with Crippen LogP contribution in [0.25, 0.3) is 17.0 Å². The summed E-state index contributed by atoms with van der Waals surface area (Å²) in [5.41, 5.74) is 2.42. The minimum Gasteiger partial charge on any atom is -0.468 e. The van der Waals surface area contributed by atoms with Crippen molar-refractivity contribution in [3.05, 3.63) is 59.4 Å². The molecule has 0 amide bonds. The van der Waals surface area contributed by atoms with Crippen LogP contribution in [0.1, 0.15) is 18.3 Å². The van der Waals surface area contributed by atoms with Crippen molar-refractivity contribution in [2.45, 2.75) is 20.0 Å². The van der Waals surface area contributed by atoms with Gasteiger partial charge in [0.05, 0.1) is 11.8 Å². The average molecular weight is 452 g/mol. The van der Waals surface area contributed by atoms with Crippen LogP contribution in [0.5, 0.6) is 5.75 Å². The predicted molar refractivity (Wildman–Crippen MR) is 128 cm³/mol. The number of halogens is 1. The molecule has 1 fully saturated rings. The van der Waals surface area contributed by atoms with Gasteiger partial charge in [0, 0.05) is 41.8 Å². The van der Waals surface area contributed by atoms with E-state index in [1.54, 1.807) is 24.3 Å². The molecular weight excluding hydrogens is 425 g/mol. The van der Waals surface area contributed by atoms with E-state index in [9.17, 15) is 9.50 Å². The minimum atomic E-state index is -0.436. The molecule has 0 aliphatic carbocycles. The number of aryl methyl sites for hydroxylation is 1. The summed E-state index contributed by atoms with van der Waals surface area (Å²) in [6, 6.07) is 6.91. The molecule has 9 nitrogen and oxygen atoms in total. The number of nitrogens with one attached hydrogen (secondary N) is 3. The number of aliphatic imine (C=N–C) groups is 2. The maximum absolute atomic E-state index is 14.8. The van der Waals surface area contributed by atoms with Gasteiger partial charge in [-0.1, -0.05) is 6.08 Å². The van der Waals surface area contributed by atoms with Gasteiger partial charge < -0.3 is 25.0 Å². The zero-order chi connectivity index (χ0) is 23.4. The lowest BCUT2D eigenvalue weighted by molar-refractivity contribution is 0.0468. The van der Waals surface area contributed by atoms with Crippen molar-refractivity contribution in [3.8, 4) is 5.75 Å². The van der Waals surface area contributed by atoms with Gasteiger partial charge in [0.1, 0.15) is 11.7 Å². The van der Waals surface area contributed by atoms with Gasteiger partial charge in [-0.15, -0.1) is 0 Å². The Morgan fingerprint density at radius 1 is 1.42 bits per heavy atom. The van der Waals surface area contributed by atoms with Crippen LogP contribution in [0, 0.1) is 12.7 Å². The first-order valence-electron chi connectivity index (χ1n) is 10.5. The summed E-state index contributed by atoms with van der Waals surface area (Å²) < 4.78 is 20.4.